The predicted molar refractivity (Wildman–Crippen MR) is 98.3 cm³/mol. The Hall–Kier alpha value is -2.93. The van der Waals surface area contributed by atoms with E-state index < -0.39 is 17.6 Å². The van der Waals surface area contributed by atoms with Gasteiger partial charge in [0.25, 0.3) is 5.91 Å². The number of nitrogens with zero attached hydrogens (tertiary/aromatic N) is 1. The fourth-order valence-electron chi connectivity index (χ4n) is 2.90. The largest absolute Gasteiger partial charge is 0.418 e. The van der Waals surface area contributed by atoms with Crippen LogP contribution in [0, 0.1) is 6.92 Å². The molecule has 0 unspecified atom stereocenters. The van der Waals surface area contributed by atoms with Gasteiger partial charge in [-0.15, -0.1) is 0 Å². The van der Waals surface area contributed by atoms with Gasteiger partial charge in [-0.25, -0.2) is 4.98 Å². The van der Waals surface area contributed by atoms with Crippen molar-refractivity contribution >= 4 is 16.8 Å². The van der Waals surface area contributed by atoms with Crippen LogP contribution in [0.1, 0.15) is 21.6 Å². The molecule has 3 aromatic rings. The Morgan fingerprint density at radius 1 is 1.11 bits per heavy atom. The van der Waals surface area contributed by atoms with E-state index >= 15 is 0 Å². The zero-order valence-electron chi connectivity index (χ0n) is 14.6. The van der Waals surface area contributed by atoms with E-state index in [9.17, 15) is 18.0 Å². The third-order valence-electron chi connectivity index (χ3n) is 4.20. The smallest absolute Gasteiger partial charge is 0.349 e. The van der Waals surface area contributed by atoms with Gasteiger partial charge in [0.2, 0.25) is 0 Å². The van der Waals surface area contributed by atoms with Crippen molar-refractivity contribution in [2.75, 3.05) is 13.1 Å². The van der Waals surface area contributed by atoms with Crippen molar-refractivity contribution in [3.8, 4) is 11.1 Å². The van der Waals surface area contributed by atoms with E-state index in [1.165, 1.54) is 6.07 Å². The molecule has 4 nitrogen and oxygen atoms in total. The molecule has 0 bridgehead atoms. The summed E-state index contributed by atoms with van der Waals surface area (Å²) < 4.78 is 41.2. The first-order valence-electron chi connectivity index (χ1n) is 8.37. The van der Waals surface area contributed by atoms with Crippen molar-refractivity contribution in [2.45, 2.75) is 13.1 Å². The lowest BCUT2D eigenvalue weighted by atomic mass is 9.96. The highest BCUT2D eigenvalue weighted by molar-refractivity contribution is 5.97. The number of carbonyl (C=O) groups is 1. The van der Waals surface area contributed by atoms with Gasteiger partial charge in [0, 0.05) is 18.5 Å². The molecule has 3 rings (SSSR count). The number of fused-ring (bicyclic) bond motifs is 1. The second-order valence-electron chi connectivity index (χ2n) is 6.15. The van der Waals surface area contributed by atoms with Crippen molar-refractivity contribution in [3.05, 3.63) is 65.4 Å². The molecule has 0 aliphatic carbocycles. The van der Waals surface area contributed by atoms with E-state index in [1.807, 2.05) is 0 Å². The van der Waals surface area contributed by atoms with Gasteiger partial charge >= 0.3 is 6.18 Å². The van der Waals surface area contributed by atoms with Crippen LogP contribution in [0.4, 0.5) is 13.2 Å². The Labute approximate surface area is 154 Å². The van der Waals surface area contributed by atoms with Gasteiger partial charge in [-0.2, -0.15) is 13.2 Å². The maximum absolute atomic E-state index is 13.7. The average Bonchev–Trinajstić information content (AvgIpc) is 2.65. The van der Waals surface area contributed by atoms with Crippen molar-refractivity contribution in [1.82, 2.24) is 10.3 Å². The Morgan fingerprint density at radius 2 is 1.81 bits per heavy atom. The van der Waals surface area contributed by atoms with Crippen LogP contribution in [0.15, 0.2) is 48.5 Å². The van der Waals surface area contributed by atoms with Crippen LogP contribution in [0.5, 0.6) is 0 Å². The SMILES string of the molecule is Cc1cc(C(=O)NCCN)nc2c(C(F)(F)F)cc(-c3ccccc3)cc12. The number of hydrogen-bond donors (Lipinski definition) is 2. The number of carbonyl (C=O) groups excluding carboxylic acids is 1. The van der Waals surface area contributed by atoms with Crippen LogP contribution in [-0.4, -0.2) is 24.0 Å². The van der Waals surface area contributed by atoms with Crippen LogP contribution >= 0.6 is 0 Å². The minimum absolute atomic E-state index is 0.0635. The van der Waals surface area contributed by atoms with Gasteiger partial charge in [-0.05, 0) is 41.8 Å². The summed E-state index contributed by atoms with van der Waals surface area (Å²) in [4.78, 5) is 16.2. The first-order chi connectivity index (χ1) is 12.8. The van der Waals surface area contributed by atoms with Gasteiger partial charge in [-0.1, -0.05) is 30.3 Å². The number of amides is 1. The summed E-state index contributed by atoms with van der Waals surface area (Å²) in [5.41, 5.74) is 5.84. The zero-order chi connectivity index (χ0) is 19.6. The number of pyridine rings is 1. The number of benzene rings is 2. The van der Waals surface area contributed by atoms with E-state index in [2.05, 4.69) is 10.3 Å². The minimum atomic E-state index is -4.60. The van der Waals surface area contributed by atoms with E-state index in [1.54, 1.807) is 43.3 Å². The minimum Gasteiger partial charge on any atom is -0.349 e. The molecule has 2 aromatic carbocycles. The Morgan fingerprint density at radius 3 is 2.44 bits per heavy atom. The van der Waals surface area contributed by atoms with Crippen molar-refractivity contribution in [1.29, 1.82) is 0 Å². The normalized spacial score (nSPS) is 11.6. The summed E-state index contributed by atoms with van der Waals surface area (Å²) in [7, 11) is 0. The Balaban J connectivity index is 2.24. The first-order valence-corrected chi connectivity index (χ1v) is 8.37. The van der Waals surface area contributed by atoms with Gasteiger partial charge in [0.1, 0.15) is 5.69 Å². The number of halogens is 3. The molecule has 3 N–H and O–H groups in total. The van der Waals surface area contributed by atoms with Gasteiger partial charge in [0.15, 0.2) is 0 Å². The molecular formula is C20H18F3N3O. The van der Waals surface area contributed by atoms with Crippen LogP contribution in [0.3, 0.4) is 0 Å². The molecular weight excluding hydrogens is 355 g/mol. The van der Waals surface area contributed by atoms with Crippen molar-refractivity contribution in [3.63, 3.8) is 0 Å². The summed E-state index contributed by atoms with van der Waals surface area (Å²) in [6.45, 7) is 2.11. The molecule has 0 radical (unpaired) electrons. The molecule has 1 heterocycles. The topological polar surface area (TPSA) is 68.0 Å². The number of rotatable bonds is 4. The highest BCUT2D eigenvalue weighted by Crippen LogP contribution is 2.38. The number of nitrogens with one attached hydrogen (secondary N) is 1. The Bertz CT molecular complexity index is 985. The molecule has 1 aromatic heterocycles. The lowest BCUT2D eigenvalue weighted by Crippen LogP contribution is -2.29. The molecule has 140 valence electrons. The average molecular weight is 373 g/mol. The molecule has 0 aliphatic rings. The molecule has 0 fully saturated rings. The maximum Gasteiger partial charge on any atom is 0.418 e. The summed E-state index contributed by atoms with van der Waals surface area (Å²) in [5, 5.41) is 2.89. The van der Waals surface area contributed by atoms with Crippen LogP contribution in [0.25, 0.3) is 22.0 Å². The monoisotopic (exact) mass is 373 g/mol. The Kier molecular flexibility index (Phi) is 5.14. The number of hydrogen-bond acceptors (Lipinski definition) is 3. The first kappa shape index (κ1) is 18.8. The standard InChI is InChI=1S/C20H18F3N3O/c1-12-9-17(19(27)25-8-7-24)26-18-15(12)10-14(11-16(18)20(21,22)23)13-5-3-2-4-6-13/h2-6,9-11H,7-8,24H2,1H3,(H,25,27). The summed E-state index contributed by atoms with van der Waals surface area (Å²) >= 11 is 0. The zero-order valence-corrected chi connectivity index (χ0v) is 14.6. The molecule has 27 heavy (non-hydrogen) atoms. The number of alkyl halides is 3. The van der Waals surface area contributed by atoms with Gasteiger partial charge in [0.05, 0.1) is 11.1 Å². The third kappa shape index (κ3) is 3.93. The fraction of sp³-hybridized carbons (Fsp3) is 0.200. The third-order valence-corrected chi connectivity index (χ3v) is 4.20. The van der Waals surface area contributed by atoms with E-state index in [-0.39, 0.29) is 24.3 Å². The second-order valence-corrected chi connectivity index (χ2v) is 6.15. The molecule has 0 saturated carbocycles. The molecule has 0 aliphatic heterocycles. The lowest BCUT2D eigenvalue weighted by molar-refractivity contribution is -0.136. The van der Waals surface area contributed by atoms with Crippen molar-refractivity contribution in [2.24, 2.45) is 5.73 Å². The molecule has 1 amide bonds. The van der Waals surface area contributed by atoms with E-state index in [0.29, 0.717) is 22.1 Å². The fourth-order valence-corrected chi connectivity index (χ4v) is 2.90. The molecule has 0 atom stereocenters. The summed E-state index contributed by atoms with van der Waals surface area (Å²) in [5.74, 6) is -0.550. The van der Waals surface area contributed by atoms with Crippen molar-refractivity contribution < 1.29 is 18.0 Å². The number of aryl methyl sites for hydroxylation is 1. The van der Waals surface area contributed by atoms with E-state index in [4.69, 9.17) is 5.73 Å². The number of aromatic nitrogens is 1. The van der Waals surface area contributed by atoms with Gasteiger partial charge < -0.3 is 11.1 Å². The second kappa shape index (κ2) is 7.36. The lowest BCUT2D eigenvalue weighted by Gasteiger charge is -2.15. The summed E-state index contributed by atoms with van der Waals surface area (Å²) in [6.07, 6.45) is -4.60. The summed E-state index contributed by atoms with van der Waals surface area (Å²) in [6, 6.07) is 13.1. The molecule has 0 spiro atoms. The van der Waals surface area contributed by atoms with Crippen LogP contribution in [0.2, 0.25) is 0 Å². The highest BCUT2D eigenvalue weighted by atomic mass is 19.4. The highest BCUT2D eigenvalue weighted by Gasteiger charge is 2.34. The maximum atomic E-state index is 13.7. The van der Waals surface area contributed by atoms with Crippen LogP contribution < -0.4 is 11.1 Å². The number of nitrogens with two attached hydrogens (primary N) is 1. The van der Waals surface area contributed by atoms with Crippen LogP contribution in [-0.2, 0) is 6.18 Å². The van der Waals surface area contributed by atoms with E-state index in [0.717, 1.165) is 6.07 Å². The predicted octanol–water partition coefficient (Wildman–Crippen LogP) is 3.92. The molecule has 7 heteroatoms. The van der Waals surface area contributed by atoms with Gasteiger partial charge in [-0.3, -0.25) is 4.79 Å². The molecule has 0 saturated heterocycles. The quantitative estimate of drug-likeness (QED) is 0.728.